The first-order valence-corrected chi connectivity index (χ1v) is 19.6. The summed E-state index contributed by atoms with van der Waals surface area (Å²) in [7, 11) is -5.40. The molecule has 0 radical (unpaired) electrons. The molecule has 2 N–H and O–H groups in total. The maximum Gasteiger partial charge on any atom is 0.513 e. The highest BCUT2D eigenvalue weighted by molar-refractivity contribution is 6.87. The molecule has 0 aromatic carbocycles. The summed E-state index contributed by atoms with van der Waals surface area (Å²) in [5.74, 6) is -0.329. The van der Waals surface area contributed by atoms with Gasteiger partial charge in [0, 0.05) is 6.92 Å². The number of ether oxygens (including phenoxy) is 3. The molecule has 0 rings (SSSR count). The van der Waals surface area contributed by atoms with Gasteiger partial charge in [-0.1, -0.05) is 33.4 Å². The first-order chi connectivity index (χ1) is 13.6. The third-order valence-corrected chi connectivity index (χ3v) is 13.0. The summed E-state index contributed by atoms with van der Waals surface area (Å²) < 4.78 is 26.2. The van der Waals surface area contributed by atoms with Gasteiger partial charge >= 0.3 is 20.7 Å². The zero-order valence-electron chi connectivity index (χ0n) is 21.3. The van der Waals surface area contributed by atoms with Gasteiger partial charge in [0.2, 0.25) is 0 Å². The highest BCUT2D eigenvalue weighted by atomic mass is 28.5. The minimum Gasteiger partial charge on any atom is -0.437 e. The SMILES string of the molecule is C=COC(=O)OCCCC[Si](C)(C)O[Si](C)(C)O[Si](C)(C)C.C=COC(C)=O.CC.O. The van der Waals surface area contributed by atoms with E-state index in [1.807, 2.05) is 13.8 Å². The van der Waals surface area contributed by atoms with Gasteiger partial charge in [0.15, 0.2) is 16.6 Å². The van der Waals surface area contributed by atoms with Crippen molar-refractivity contribution in [1.29, 1.82) is 0 Å². The standard InChI is InChI=1S/C14H32O5Si3.C4H6O2.C2H6.H2O/c1-9-16-14(15)17-12-10-11-13-21(5,6)19-22(7,8)18-20(2,3)4;1-3-6-4(2)5;1-2;/h9H,1,10-13H2,2-8H3;3H,1H2,2H3;1-2H3;1H2. The van der Waals surface area contributed by atoms with E-state index in [9.17, 15) is 9.59 Å². The summed E-state index contributed by atoms with van der Waals surface area (Å²) in [6, 6.07) is 1.03. The zero-order chi connectivity index (χ0) is 24.4. The Kier molecular flexibility index (Phi) is 23.3. The molecule has 0 saturated heterocycles. The van der Waals surface area contributed by atoms with Gasteiger partial charge in [0.1, 0.15) is 0 Å². The average Bonchev–Trinajstić information content (AvgIpc) is 2.53. The Labute approximate surface area is 192 Å². The maximum atomic E-state index is 11.0. The Morgan fingerprint density at radius 1 is 0.839 bits per heavy atom. The van der Waals surface area contributed by atoms with Crippen molar-refractivity contribution in [3.8, 4) is 0 Å². The first-order valence-electron chi connectivity index (χ1n) is 10.3. The normalized spacial score (nSPS) is 10.6. The zero-order valence-corrected chi connectivity index (χ0v) is 24.3. The second-order valence-corrected chi connectivity index (χ2v) is 20.8. The van der Waals surface area contributed by atoms with Crippen molar-refractivity contribution in [3.63, 3.8) is 0 Å². The van der Waals surface area contributed by atoms with Gasteiger partial charge < -0.3 is 27.9 Å². The molecule has 0 atom stereocenters. The van der Waals surface area contributed by atoms with Crippen LogP contribution in [0.25, 0.3) is 0 Å². The number of rotatable bonds is 11. The lowest BCUT2D eigenvalue weighted by Crippen LogP contribution is -2.51. The quantitative estimate of drug-likeness (QED) is 0.155. The molecule has 0 fully saturated rings. The van der Waals surface area contributed by atoms with Crippen LogP contribution in [0.1, 0.15) is 33.6 Å². The van der Waals surface area contributed by atoms with Crippen molar-refractivity contribution in [1.82, 2.24) is 0 Å². The van der Waals surface area contributed by atoms with E-state index in [1.54, 1.807) is 0 Å². The number of carbonyl (C=O) groups excluding carboxylic acids is 2. The Bertz CT molecular complexity index is 503. The van der Waals surface area contributed by atoms with Crippen LogP contribution >= 0.6 is 0 Å². The number of hydrogen-bond donors (Lipinski definition) is 0. The highest BCUT2D eigenvalue weighted by Crippen LogP contribution is 2.24. The molecule has 0 aromatic rings. The summed E-state index contributed by atoms with van der Waals surface area (Å²) in [6.07, 6.45) is 3.25. The van der Waals surface area contributed by atoms with Gasteiger partial charge in [-0.05, 0) is 58.3 Å². The van der Waals surface area contributed by atoms with Crippen LogP contribution in [-0.4, -0.2) is 49.4 Å². The van der Waals surface area contributed by atoms with E-state index in [1.165, 1.54) is 6.92 Å². The van der Waals surface area contributed by atoms with Crippen LogP contribution in [0.15, 0.2) is 25.7 Å². The summed E-state index contributed by atoms with van der Waals surface area (Å²) in [5, 5.41) is 0. The van der Waals surface area contributed by atoms with E-state index in [2.05, 4.69) is 68.5 Å². The van der Waals surface area contributed by atoms with Crippen molar-refractivity contribution in [2.75, 3.05) is 6.61 Å². The number of carbonyl (C=O) groups is 2. The number of hydrogen-bond acceptors (Lipinski definition) is 7. The monoisotopic (exact) mass is 498 g/mol. The molecule has 0 aromatic heterocycles. The molecular formula is C20H46O8Si3. The summed E-state index contributed by atoms with van der Waals surface area (Å²) in [5.41, 5.74) is 0. The third kappa shape index (κ3) is 31.0. The van der Waals surface area contributed by atoms with Gasteiger partial charge in [-0.15, -0.1) is 0 Å². The molecule has 31 heavy (non-hydrogen) atoms. The van der Waals surface area contributed by atoms with Crippen molar-refractivity contribution >= 4 is 37.3 Å². The summed E-state index contributed by atoms with van der Waals surface area (Å²) in [6.45, 7) is 27.4. The van der Waals surface area contributed by atoms with Crippen LogP contribution in [0, 0.1) is 0 Å². The topological polar surface area (TPSA) is 112 Å². The van der Waals surface area contributed by atoms with Crippen LogP contribution < -0.4 is 0 Å². The second-order valence-electron chi connectivity index (χ2n) is 8.09. The first kappa shape index (κ1) is 37.1. The molecule has 0 aliphatic rings. The van der Waals surface area contributed by atoms with Crippen LogP contribution in [-0.2, 0) is 27.2 Å². The van der Waals surface area contributed by atoms with E-state index in [0.717, 1.165) is 31.4 Å². The van der Waals surface area contributed by atoms with Crippen LogP contribution in [0.3, 0.4) is 0 Å². The Morgan fingerprint density at radius 3 is 1.68 bits per heavy atom. The largest absolute Gasteiger partial charge is 0.513 e. The van der Waals surface area contributed by atoms with Crippen LogP contribution in [0.4, 0.5) is 4.79 Å². The van der Waals surface area contributed by atoms with Crippen molar-refractivity contribution in [3.05, 3.63) is 25.7 Å². The van der Waals surface area contributed by atoms with Crippen molar-refractivity contribution < 1.29 is 37.5 Å². The smallest absolute Gasteiger partial charge is 0.437 e. The highest BCUT2D eigenvalue weighted by Gasteiger charge is 2.37. The van der Waals surface area contributed by atoms with E-state index >= 15 is 0 Å². The molecular weight excluding hydrogens is 452 g/mol. The molecule has 8 nitrogen and oxygen atoms in total. The van der Waals surface area contributed by atoms with Crippen molar-refractivity contribution in [2.45, 2.75) is 85.5 Å². The van der Waals surface area contributed by atoms with Gasteiger partial charge in [0.05, 0.1) is 19.1 Å². The van der Waals surface area contributed by atoms with Gasteiger partial charge in [0.25, 0.3) is 0 Å². The lowest BCUT2D eigenvalue weighted by atomic mass is 10.4. The molecule has 0 amide bonds. The fourth-order valence-electron chi connectivity index (χ4n) is 2.50. The lowest BCUT2D eigenvalue weighted by Gasteiger charge is -2.37. The third-order valence-electron chi connectivity index (χ3n) is 2.90. The Morgan fingerprint density at radius 2 is 1.32 bits per heavy atom. The van der Waals surface area contributed by atoms with Gasteiger partial charge in [-0.2, -0.15) is 0 Å². The lowest BCUT2D eigenvalue weighted by molar-refractivity contribution is -0.135. The molecule has 186 valence electrons. The van der Waals surface area contributed by atoms with E-state index in [-0.39, 0.29) is 11.4 Å². The summed E-state index contributed by atoms with van der Waals surface area (Å²) in [4.78, 5) is 20.7. The number of esters is 1. The Hall–Kier alpha value is -1.25. The van der Waals surface area contributed by atoms with E-state index < -0.39 is 31.4 Å². The molecule has 0 aliphatic carbocycles. The van der Waals surface area contributed by atoms with Crippen LogP contribution in [0.2, 0.25) is 51.9 Å². The van der Waals surface area contributed by atoms with Crippen molar-refractivity contribution in [2.24, 2.45) is 0 Å². The minimum absolute atomic E-state index is 0. The van der Waals surface area contributed by atoms with E-state index in [4.69, 9.17) is 13.0 Å². The van der Waals surface area contributed by atoms with Gasteiger partial charge in [-0.3, -0.25) is 4.79 Å². The molecule has 0 spiro atoms. The molecule has 0 bridgehead atoms. The molecule has 0 aliphatic heterocycles. The predicted octanol–water partition coefficient (Wildman–Crippen LogP) is 5.73. The molecule has 0 heterocycles. The minimum atomic E-state index is -2.06. The molecule has 0 unspecified atom stereocenters. The summed E-state index contributed by atoms with van der Waals surface area (Å²) >= 11 is 0. The molecule has 11 heteroatoms. The second kappa shape index (κ2) is 19.4. The van der Waals surface area contributed by atoms with Crippen LogP contribution in [0.5, 0.6) is 0 Å². The Balaban J connectivity index is -0.000000347. The average molecular weight is 499 g/mol. The predicted molar refractivity (Wildman–Crippen MR) is 134 cm³/mol. The van der Waals surface area contributed by atoms with E-state index in [0.29, 0.717) is 6.61 Å². The fraction of sp³-hybridized carbons (Fsp3) is 0.700. The fourth-order valence-corrected chi connectivity index (χ4v) is 15.8. The maximum absolute atomic E-state index is 11.0. The molecule has 0 saturated carbocycles. The number of unbranched alkanes of at least 4 members (excludes halogenated alkanes) is 1. The van der Waals surface area contributed by atoms with Gasteiger partial charge in [-0.25, -0.2) is 4.79 Å².